The SMILES string of the molecule is Cc1cc(F)c(-c2nc(C(=O)Cc3cnccc3[C@H]3C[C@@H](C)[C@@H](OCCC#N)[C@@H](N)C3)ccc2F)c(F)c1. The average Bonchev–Trinajstić information content (AvgIpc) is 2.86. The average molecular weight is 523 g/mol. The first-order chi connectivity index (χ1) is 18.2. The zero-order valence-corrected chi connectivity index (χ0v) is 21.3. The summed E-state index contributed by atoms with van der Waals surface area (Å²) in [6.45, 7) is 3.91. The fourth-order valence-corrected chi connectivity index (χ4v) is 5.29. The molecule has 9 heteroatoms. The summed E-state index contributed by atoms with van der Waals surface area (Å²) >= 11 is 0. The number of hydrogen-bond acceptors (Lipinski definition) is 6. The molecule has 6 nitrogen and oxygen atoms in total. The smallest absolute Gasteiger partial charge is 0.185 e. The quantitative estimate of drug-likeness (QED) is 0.313. The van der Waals surface area contributed by atoms with Crippen molar-refractivity contribution in [1.29, 1.82) is 5.26 Å². The molecule has 2 N–H and O–H groups in total. The second kappa shape index (κ2) is 11.8. The van der Waals surface area contributed by atoms with E-state index >= 15 is 0 Å². The van der Waals surface area contributed by atoms with E-state index in [1.165, 1.54) is 13.0 Å². The van der Waals surface area contributed by atoms with Gasteiger partial charge in [0, 0.05) is 24.9 Å². The van der Waals surface area contributed by atoms with E-state index in [1.807, 2.05) is 6.07 Å². The van der Waals surface area contributed by atoms with Crippen molar-refractivity contribution in [3.8, 4) is 17.3 Å². The minimum Gasteiger partial charge on any atom is -0.375 e. The Kier molecular flexibility index (Phi) is 8.55. The molecule has 1 aromatic carbocycles. The number of benzene rings is 1. The Morgan fingerprint density at radius 1 is 1.16 bits per heavy atom. The maximum atomic E-state index is 14.6. The molecule has 0 radical (unpaired) electrons. The standard InChI is InChI=1S/C29H29F3N4O2/c1-16-10-22(31)27(23(32)11-16)28-21(30)4-5-25(36-28)26(37)14-19-15-35-8-6-20(19)18-12-17(2)29(24(34)13-18)38-9-3-7-33/h4-6,8,10-11,15,17-18,24,29H,3,9,12-14,34H2,1-2H3/t17-,18+,24+,29-/m1/s1. The third-order valence-electron chi connectivity index (χ3n) is 7.01. The summed E-state index contributed by atoms with van der Waals surface area (Å²) < 4.78 is 49.5. The molecule has 4 rings (SSSR count). The number of ketones is 1. The Balaban J connectivity index is 1.56. The van der Waals surface area contributed by atoms with Crippen LogP contribution in [0.1, 0.15) is 59.3 Å². The fraction of sp³-hybridized carbons (Fsp3) is 0.379. The first-order valence-electron chi connectivity index (χ1n) is 12.5. The molecule has 3 aromatic rings. The number of nitrogens with zero attached hydrogens (tertiary/aromatic N) is 3. The van der Waals surface area contributed by atoms with Gasteiger partial charge in [0.15, 0.2) is 5.78 Å². The molecule has 198 valence electrons. The van der Waals surface area contributed by atoms with Gasteiger partial charge in [0.1, 0.15) is 28.8 Å². The monoisotopic (exact) mass is 522 g/mol. The van der Waals surface area contributed by atoms with Crippen LogP contribution in [0, 0.1) is 41.6 Å². The van der Waals surface area contributed by atoms with Crippen molar-refractivity contribution in [1.82, 2.24) is 9.97 Å². The molecular formula is C29H29F3N4O2. The highest BCUT2D eigenvalue weighted by Gasteiger charge is 2.35. The predicted octanol–water partition coefficient (Wildman–Crippen LogP) is 5.43. The molecular weight excluding hydrogens is 493 g/mol. The van der Waals surface area contributed by atoms with Gasteiger partial charge in [0.25, 0.3) is 0 Å². The summed E-state index contributed by atoms with van der Waals surface area (Å²) in [5, 5.41) is 8.77. The number of Topliss-reactive ketones (excluding diaryl/α,β-unsaturated/α-hetero) is 1. The number of nitrogens with two attached hydrogens (primary N) is 1. The van der Waals surface area contributed by atoms with Crippen LogP contribution in [0.3, 0.4) is 0 Å². The van der Waals surface area contributed by atoms with Crippen LogP contribution in [0.15, 0.2) is 42.7 Å². The van der Waals surface area contributed by atoms with Crippen molar-refractivity contribution in [3.05, 3.63) is 82.6 Å². The Morgan fingerprint density at radius 2 is 1.89 bits per heavy atom. The molecule has 0 aliphatic heterocycles. The lowest BCUT2D eigenvalue weighted by molar-refractivity contribution is -0.0199. The molecule has 38 heavy (non-hydrogen) atoms. The summed E-state index contributed by atoms with van der Waals surface area (Å²) in [6.07, 6.45) is 4.77. The van der Waals surface area contributed by atoms with Gasteiger partial charge in [-0.1, -0.05) is 6.92 Å². The first kappa shape index (κ1) is 27.4. The number of nitriles is 1. The second-order valence-electron chi connectivity index (χ2n) is 9.86. The van der Waals surface area contributed by atoms with E-state index in [1.54, 1.807) is 12.4 Å². The number of aromatic nitrogens is 2. The minimum absolute atomic E-state index is 0.0640. The maximum absolute atomic E-state index is 14.6. The molecule has 4 atom stereocenters. The lowest BCUT2D eigenvalue weighted by Gasteiger charge is -2.39. The first-order valence-corrected chi connectivity index (χ1v) is 12.5. The van der Waals surface area contributed by atoms with E-state index in [2.05, 4.69) is 23.0 Å². The zero-order valence-electron chi connectivity index (χ0n) is 21.3. The predicted molar refractivity (Wildman–Crippen MR) is 136 cm³/mol. The number of hydrogen-bond donors (Lipinski definition) is 1. The molecule has 1 aliphatic rings. The molecule has 0 saturated heterocycles. The van der Waals surface area contributed by atoms with Gasteiger partial charge in [-0.15, -0.1) is 0 Å². The summed E-state index contributed by atoms with van der Waals surface area (Å²) in [5.74, 6) is -3.06. The molecule has 2 aromatic heterocycles. The van der Waals surface area contributed by atoms with Gasteiger partial charge < -0.3 is 10.5 Å². The summed E-state index contributed by atoms with van der Waals surface area (Å²) in [6, 6.07) is 8.08. The number of halogens is 3. The highest BCUT2D eigenvalue weighted by Crippen LogP contribution is 2.38. The third kappa shape index (κ3) is 5.93. The molecule has 0 unspecified atom stereocenters. The van der Waals surface area contributed by atoms with Crippen molar-refractivity contribution in [2.24, 2.45) is 11.7 Å². The van der Waals surface area contributed by atoms with E-state index in [4.69, 9.17) is 15.7 Å². The van der Waals surface area contributed by atoms with Crippen LogP contribution in [0.5, 0.6) is 0 Å². The van der Waals surface area contributed by atoms with Crippen LogP contribution < -0.4 is 5.73 Å². The lowest BCUT2D eigenvalue weighted by atomic mass is 9.73. The fourth-order valence-electron chi connectivity index (χ4n) is 5.29. The van der Waals surface area contributed by atoms with Crippen molar-refractivity contribution >= 4 is 5.78 Å². The second-order valence-corrected chi connectivity index (χ2v) is 9.86. The highest BCUT2D eigenvalue weighted by molar-refractivity contribution is 5.96. The van der Waals surface area contributed by atoms with Crippen LogP contribution in [-0.2, 0) is 11.2 Å². The van der Waals surface area contributed by atoms with Crippen molar-refractivity contribution in [2.45, 2.75) is 57.6 Å². The van der Waals surface area contributed by atoms with Crippen LogP contribution in [0.25, 0.3) is 11.3 Å². The summed E-state index contributed by atoms with van der Waals surface area (Å²) in [7, 11) is 0. The van der Waals surface area contributed by atoms with E-state index in [0.717, 1.165) is 30.2 Å². The van der Waals surface area contributed by atoms with Gasteiger partial charge in [0.05, 0.1) is 30.8 Å². The molecule has 0 spiro atoms. The number of carbonyl (C=O) groups excluding carboxylic acids is 1. The Hall–Kier alpha value is -3.61. The highest BCUT2D eigenvalue weighted by atomic mass is 19.1. The molecule has 1 fully saturated rings. The molecule has 1 saturated carbocycles. The van der Waals surface area contributed by atoms with Crippen molar-refractivity contribution in [2.75, 3.05) is 6.61 Å². The summed E-state index contributed by atoms with van der Waals surface area (Å²) in [5.41, 5.74) is 7.15. The summed E-state index contributed by atoms with van der Waals surface area (Å²) in [4.78, 5) is 21.4. The van der Waals surface area contributed by atoms with E-state index < -0.39 is 34.5 Å². The van der Waals surface area contributed by atoms with Crippen molar-refractivity contribution in [3.63, 3.8) is 0 Å². The van der Waals surface area contributed by atoms with Gasteiger partial charge in [-0.25, -0.2) is 18.2 Å². The van der Waals surface area contributed by atoms with E-state index in [9.17, 15) is 18.0 Å². The molecule has 0 bridgehead atoms. The molecule has 0 amide bonds. The van der Waals surface area contributed by atoms with E-state index in [-0.39, 0.29) is 36.1 Å². The number of carbonyl (C=O) groups is 1. The van der Waals surface area contributed by atoms with E-state index in [0.29, 0.717) is 30.6 Å². The van der Waals surface area contributed by atoms with Gasteiger partial charge in [-0.2, -0.15) is 5.26 Å². The van der Waals surface area contributed by atoms with Gasteiger partial charge in [0.2, 0.25) is 0 Å². The van der Waals surface area contributed by atoms with Gasteiger partial charge in [-0.05, 0) is 78.6 Å². The lowest BCUT2D eigenvalue weighted by Crippen LogP contribution is -2.46. The number of rotatable bonds is 8. The van der Waals surface area contributed by atoms with Crippen LogP contribution in [0.2, 0.25) is 0 Å². The normalized spacial score (nSPS) is 21.2. The zero-order chi connectivity index (χ0) is 27.4. The Bertz CT molecular complexity index is 1340. The third-order valence-corrected chi connectivity index (χ3v) is 7.01. The van der Waals surface area contributed by atoms with Crippen LogP contribution in [-0.4, -0.2) is 34.5 Å². The number of pyridine rings is 2. The largest absolute Gasteiger partial charge is 0.375 e. The number of ether oxygens (including phenoxy) is 1. The Labute approximate surface area is 219 Å². The van der Waals surface area contributed by atoms with Gasteiger partial charge >= 0.3 is 0 Å². The number of aryl methyl sites for hydroxylation is 1. The van der Waals surface area contributed by atoms with Crippen LogP contribution in [0.4, 0.5) is 13.2 Å². The molecule has 2 heterocycles. The topological polar surface area (TPSA) is 102 Å². The molecule has 1 aliphatic carbocycles. The van der Waals surface area contributed by atoms with Gasteiger partial charge in [-0.3, -0.25) is 9.78 Å². The minimum atomic E-state index is -0.953. The van der Waals surface area contributed by atoms with Crippen LogP contribution >= 0.6 is 0 Å². The Morgan fingerprint density at radius 3 is 2.58 bits per heavy atom. The maximum Gasteiger partial charge on any atom is 0.185 e. The van der Waals surface area contributed by atoms with Crippen molar-refractivity contribution < 1.29 is 22.7 Å².